The highest BCUT2D eigenvalue weighted by Gasteiger charge is 2.48. The Bertz CT molecular complexity index is 919. The second-order valence-electron chi connectivity index (χ2n) is 6.67. The molecule has 0 bridgehead atoms. The molecule has 2 heterocycles. The Morgan fingerprint density at radius 2 is 1.79 bits per heavy atom. The fourth-order valence-electron chi connectivity index (χ4n) is 3.01. The Kier molecular flexibility index (Phi) is 4.97. The van der Waals surface area contributed by atoms with E-state index < -0.39 is 35.5 Å². The highest BCUT2D eigenvalue weighted by Crippen LogP contribution is 2.37. The van der Waals surface area contributed by atoms with Crippen LogP contribution in [-0.4, -0.2) is 29.3 Å². The van der Waals surface area contributed by atoms with Gasteiger partial charge in [0.25, 0.3) is 5.91 Å². The molecule has 28 heavy (non-hydrogen) atoms. The van der Waals surface area contributed by atoms with Crippen molar-refractivity contribution in [2.45, 2.75) is 31.7 Å². The molecule has 0 radical (unpaired) electrons. The van der Waals surface area contributed by atoms with Gasteiger partial charge in [-0.1, -0.05) is 25.4 Å². The number of rotatable bonds is 4. The van der Waals surface area contributed by atoms with Gasteiger partial charge in [0.05, 0.1) is 10.7 Å². The summed E-state index contributed by atoms with van der Waals surface area (Å²) in [6, 6.07) is 4.86. The summed E-state index contributed by atoms with van der Waals surface area (Å²) in [7, 11) is 0. The lowest BCUT2D eigenvalue weighted by atomic mass is 9.78. The summed E-state index contributed by atoms with van der Waals surface area (Å²) in [5.41, 5.74) is -0.0225. The van der Waals surface area contributed by atoms with Crippen molar-refractivity contribution in [3.63, 3.8) is 0 Å². The summed E-state index contributed by atoms with van der Waals surface area (Å²) >= 11 is 6.02. The number of hydrogen-bond acceptors (Lipinski definition) is 4. The zero-order chi connectivity index (χ0) is 20.7. The van der Waals surface area contributed by atoms with Gasteiger partial charge in [-0.15, -0.1) is 13.2 Å². The quantitative estimate of drug-likeness (QED) is 0.768. The molecule has 1 saturated heterocycles. The van der Waals surface area contributed by atoms with E-state index in [-0.39, 0.29) is 10.7 Å². The number of imide groups is 1. The van der Waals surface area contributed by atoms with Crippen LogP contribution in [0, 0.1) is 0 Å². The molecule has 148 valence electrons. The minimum Gasteiger partial charge on any atom is -0.406 e. The van der Waals surface area contributed by atoms with Crippen LogP contribution in [0.5, 0.6) is 5.75 Å². The Balaban J connectivity index is 1.90. The number of aromatic nitrogens is 1. The van der Waals surface area contributed by atoms with E-state index in [0.717, 1.165) is 28.7 Å². The van der Waals surface area contributed by atoms with E-state index in [1.54, 1.807) is 38.4 Å². The molecule has 6 nitrogen and oxygen atoms in total. The van der Waals surface area contributed by atoms with Gasteiger partial charge in [-0.2, -0.15) is 0 Å². The van der Waals surface area contributed by atoms with Crippen molar-refractivity contribution in [1.82, 2.24) is 10.3 Å². The van der Waals surface area contributed by atoms with Gasteiger partial charge >= 0.3 is 12.4 Å². The van der Waals surface area contributed by atoms with Crippen LogP contribution in [0.1, 0.15) is 19.4 Å². The lowest BCUT2D eigenvalue weighted by molar-refractivity contribution is -0.274. The summed E-state index contributed by atoms with van der Waals surface area (Å²) in [5.74, 6) is -1.12. The maximum absolute atomic E-state index is 13.0. The molecule has 0 spiro atoms. The SMILES string of the molecule is CC(C)(c1ccncc1)C1NC(=O)N(c2ccc(OC(F)(F)F)cc2Cl)C1=O. The van der Waals surface area contributed by atoms with Gasteiger partial charge in [0, 0.05) is 23.9 Å². The van der Waals surface area contributed by atoms with Crippen LogP contribution in [-0.2, 0) is 10.2 Å². The van der Waals surface area contributed by atoms with Crippen LogP contribution in [0.25, 0.3) is 0 Å². The average molecular weight is 414 g/mol. The molecule has 1 N–H and O–H groups in total. The highest BCUT2D eigenvalue weighted by molar-refractivity contribution is 6.36. The van der Waals surface area contributed by atoms with E-state index in [0.29, 0.717) is 0 Å². The second kappa shape index (κ2) is 6.97. The number of urea groups is 1. The molecule has 3 rings (SSSR count). The zero-order valence-electron chi connectivity index (χ0n) is 14.7. The van der Waals surface area contributed by atoms with Crippen LogP contribution in [0.2, 0.25) is 5.02 Å². The van der Waals surface area contributed by atoms with Crippen LogP contribution in [0.4, 0.5) is 23.7 Å². The summed E-state index contributed by atoms with van der Waals surface area (Å²) in [5, 5.41) is 2.39. The molecule has 1 aliphatic rings. The number of benzene rings is 1. The van der Waals surface area contributed by atoms with Gasteiger partial charge in [-0.25, -0.2) is 9.69 Å². The van der Waals surface area contributed by atoms with Crippen molar-refractivity contribution in [1.29, 1.82) is 0 Å². The van der Waals surface area contributed by atoms with Crippen LogP contribution in [0.15, 0.2) is 42.7 Å². The molecule has 1 aliphatic heterocycles. The predicted molar refractivity (Wildman–Crippen MR) is 95.2 cm³/mol. The lowest BCUT2D eigenvalue weighted by Crippen LogP contribution is -2.46. The van der Waals surface area contributed by atoms with E-state index in [1.165, 1.54) is 0 Å². The standard InChI is InChI=1S/C18H15ClF3N3O3/c1-17(2,10-5-7-23-8-6-10)14-15(26)25(16(27)24-14)13-4-3-11(9-12(13)19)28-18(20,21)22/h3-9,14H,1-2H3,(H,24,27). The molecule has 10 heteroatoms. The number of carbonyl (C=O) groups excluding carboxylic acids is 2. The number of anilines is 1. The molecule has 0 saturated carbocycles. The maximum atomic E-state index is 13.0. The minimum absolute atomic E-state index is 0.0354. The average Bonchev–Trinajstić information content (AvgIpc) is 2.90. The smallest absolute Gasteiger partial charge is 0.406 e. The van der Waals surface area contributed by atoms with Crippen molar-refractivity contribution in [3.05, 3.63) is 53.3 Å². The third kappa shape index (κ3) is 3.75. The molecule has 2 aromatic rings. The predicted octanol–water partition coefficient (Wildman–Crippen LogP) is 4.04. The molecule has 1 aromatic heterocycles. The second-order valence-corrected chi connectivity index (χ2v) is 7.08. The van der Waals surface area contributed by atoms with Gasteiger partial charge in [0.2, 0.25) is 0 Å². The van der Waals surface area contributed by atoms with E-state index in [2.05, 4.69) is 15.0 Å². The number of alkyl halides is 3. The molecule has 3 amide bonds. The molecule has 1 fully saturated rings. The van der Waals surface area contributed by atoms with Crippen molar-refractivity contribution in [2.24, 2.45) is 0 Å². The Labute approximate surface area is 163 Å². The number of pyridine rings is 1. The van der Waals surface area contributed by atoms with Gasteiger partial charge in [0.1, 0.15) is 11.8 Å². The molecule has 1 unspecified atom stereocenters. The summed E-state index contributed by atoms with van der Waals surface area (Å²) in [6.45, 7) is 3.58. The number of amides is 3. The van der Waals surface area contributed by atoms with Gasteiger partial charge in [-0.05, 0) is 29.8 Å². The summed E-state index contributed by atoms with van der Waals surface area (Å²) < 4.78 is 40.8. The number of ether oxygens (including phenoxy) is 1. The van der Waals surface area contributed by atoms with Gasteiger partial charge in [-0.3, -0.25) is 9.78 Å². The van der Waals surface area contributed by atoms with E-state index in [4.69, 9.17) is 11.6 Å². The van der Waals surface area contributed by atoms with Crippen LogP contribution >= 0.6 is 11.6 Å². The first kappa shape index (κ1) is 19.9. The zero-order valence-corrected chi connectivity index (χ0v) is 15.5. The first-order valence-corrected chi connectivity index (χ1v) is 8.49. The molecular formula is C18H15ClF3N3O3. The van der Waals surface area contributed by atoms with Crippen molar-refractivity contribution < 1.29 is 27.5 Å². The fourth-order valence-corrected chi connectivity index (χ4v) is 3.27. The monoisotopic (exact) mass is 413 g/mol. The number of nitrogens with zero attached hydrogens (tertiary/aromatic N) is 2. The van der Waals surface area contributed by atoms with Crippen molar-refractivity contribution >= 4 is 29.2 Å². The molecule has 0 aliphatic carbocycles. The van der Waals surface area contributed by atoms with E-state index >= 15 is 0 Å². The normalized spacial score (nSPS) is 17.6. The Hall–Kier alpha value is -2.81. The van der Waals surface area contributed by atoms with Crippen LogP contribution in [0.3, 0.4) is 0 Å². The Morgan fingerprint density at radius 1 is 1.14 bits per heavy atom. The largest absolute Gasteiger partial charge is 0.573 e. The van der Waals surface area contributed by atoms with Crippen molar-refractivity contribution in [2.75, 3.05) is 4.90 Å². The van der Waals surface area contributed by atoms with Crippen molar-refractivity contribution in [3.8, 4) is 5.75 Å². The number of nitrogens with one attached hydrogen (secondary N) is 1. The molecule has 1 aromatic carbocycles. The lowest BCUT2D eigenvalue weighted by Gasteiger charge is -2.30. The first-order valence-electron chi connectivity index (χ1n) is 8.11. The molecule has 1 atom stereocenters. The third-order valence-electron chi connectivity index (χ3n) is 4.48. The van der Waals surface area contributed by atoms with E-state index in [1.807, 2.05) is 0 Å². The number of hydrogen-bond donors (Lipinski definition) is 1. The fraction of sp³-hybridized carbons (Fsp3) is 0.278. The van der Waals surface area contributed by atoms with E-state index in [9.17, 15) is 22.8 Å². The van der Waals surface area contributed by atoms with Crippen LogP contribution < -0.4 is 15.0 Å². The Morgan fingerprint density at radius 3 is 2.36 bits per heavy atom. The minimum atomic E-state index is -4.88. The summed E-state index contributed by atoms with van der Waals surface area (Å²) in [4.78, 5) is 30.2. The summed E-state index contributed by atoms with van der Waals surface area (Å²) in [6.07, 6.45) is -1.73. The third-order valence-corrected chi connectivity index (χ3v) is 4.78. The van der Waals surface area contributed by atoms with Gasteiger partial charge in [0.15, 0.2) is 0 Å². The maximum Gasteiger partial charge on any atom is 0.573 e. The number of carbonyl (C=O) groups is 2. The number of halogens is 4. The topological polar surface area (TPSA) is 71.5 Å². The molecular weight excluding hydrogens is 399 g/mol. The highest BCUT2D eigenvalue weighted by atomic mass is 35.5. The first-order chi connectivity index (χ1) is 13.0. The van der Waals surface area contributed by atoms with Gasteiger partial charge < -0.3 is 10.1 Å².